The zero-order valence-corrected chi connectivity index (χ0v) is 14.5. The molecule has 1 aliphatic rings. The fraction of sp³-hybridized carbons (Fsp3) is 0.0909. The van der Waals surface area contributed by atoms with Gasteiger partial charge in [-0.3, -0.25) is 10.2 Å². The second-order valence-electron chi connectivity index (χ2n) is 6.28. The number of hydrogen-bond acceptors (Lipinski definition) is 4. The van der Waals surface area contributed by atoms with Crippen LogP contribution in [0.5, 0.6) is 0 Å². The lowest BCUT2D eigenvalue weighted by molar-refractivity contribution is 0.112. The first-order chi connectivity index (χ1) is 13.3. The summed E-state index contributed by atoms with van der Waals surface area (Å²) in [5, 5.41) is 0. The second kappa shape index (κ2) is 7.33. The van der Waals surface area contributed by atoms with E-state index in [1.807, 2.05) is 24.3 Å². The van der Waals surface area contributed by atoms with Gasteiger partial charge in [-0.15, -0.1) is 0 Å². The summed E-state index contributed by atoms with van der Waals surface area (Å²) in [6.45, 7) is 0.233. The third-order valence-corrected chi connectivity index (χ3v) is 4.73. The summed E-state index contributed by atoms with van der Waals surface area (Å²) < 4.78 is 5.43. The number of para-hydroxylation sites is 1. The molecule has 0 fully saturated rings. The quantitative estimate of drug-likeness (QED) is 0.525. The van der Waals surface area contributed by atoms with Crippen LogP contribution >= 0.6 is 0 Å². The Morgan fingerprint density at radius 2 is 1.48 bits per heavy atom. The second-order valence-corrected chi connectivity index (χ2v) is 6.28. The van der Waals surface area contributed by atoms with Crippen LogP contribution in [0.15, 0.2) is 72.8 Å². The molecule has 1 amide bonds. The molecule has 4 rings (SSSR count). The van der Waals surface area contributed by atoms with Crippen LogP contribution in [0.2, 0.25) is 0 Å². The molecular formula is C22H18N2O3. The maximum absolute atomic E-state index is 12.1. The Hall–Kier alpha value is -3.60. The van der Waals surface area contributed by atoms with Gasteiger partial charge in [0.2, 0.25) is 0 Å². The average Bonchev–Trinajstić information content (AvgIpc) is 3.05. The van der Waals surface area contributed by atoms with Gasteiger partial charge in [0.1, 0.15) is 6.61 Å². The number of rotatable bonds is 5. The molecule has 0 radical (unpaired) electrons. The molecule has 5 heteroatoms. The standard InChI is InChI=1S/C22H18N2O3/c25-13-15-7-1-6-12-21(15)23-24-22(26)27-14-20-18-10-4-2-8-16(18)17-9-3-5-11-19(17)20/h1-13,20,23H,14H2,(H,24,26). The molecule has 5 nitrogen and oxygen atoms in total. The maximum atomic E-state index is 12.1. The van der Waals surface area contributed by atoms with Crippen LogP contribution < -0.4 is 10.9 Å². The summed E-state index contributed by atoms with van der Waals surface area (Å²) in [5.41, 5.74) is 10.8. The highest BCUT2D eigenvalue weighted by Crippen LogP contribution is 2.44. The van der Waals surface area contributed by atoms with Gasteiger partial charge >= 0.3 is 6.09 Å². The van der Waals surface area contributed by atoms with Crippen molar-refractivity contribution in [3.63, 3.8) is 0 Å². The summed E-state index contributed by atoms with van der Waals surface area (Å²) in [6.07, 6.45) is 0.124. The van der Waals surface area contributed by atoms with E-state index in [1.54, 1.807) is 24.3 Å². The lowest BCUT2D eigenvalue weighted by atomic mass is 9.98. The van der Waals surface area contributed by atoms with E-state index in [9.17, 15) is 9.59 Å². The highest BCUT2D eigenvalue weighted by Gasteiger charge is 2.28. The van der Waals surface area contributed by atoms with Crippen molar-refractivity contribution in [3.8, 4) is 11.1 Å². The van der Waals surface area contributed by atoms with Gasteiger partial charge in [0.25, 0.3) is 0 Å². The fourth-order valence-electron chi connectivity index (χ4n) is 3.47. The Kier molecular flexibility index (Phi) is 4.58. The molecule has 1 aliphatic carbocycles. The zero-order chi connectivity index (χ0) is 18.6. The van der Waals surface area contributed by atoms with Crippen LogP contribution in [0, 0.1) is 0 Å². The molecule has 0 aromatic heterocycles. The van der Waals surface area contributed by atoms with Crippen LogP contribution in [0.25, 0.3) is 11.1 Å². The number of carbonyl (C=O) groups excluding carboxylic acids is 2. The first-order valence-electron chi connectivity index (χ1n) is 8.69. The molecule has 0 saturated carbocycles. The predicted octanol–water partition coefficient (Wildman–Crippen LogP) is 4.36. The van der Waals surface area contributed by atoms with Crippen molar-refractivity contribution in [2.75, 3.05) is 12.0 Å². The molecule has 0 aliphatic heterocycles. The van der Waals surface area contributed by atoms with Gasteiger partial charge in [-0.1, -0.05) is 60.7 Å². The predicted molar refractivity (Wildman–Crippen MR) is 104 cm³/mol. The van der Waals surface area contributed by atoms with E-state index in [1.165, 1.54) is 11.1 Å². The number of anilines is 1. The third-order valence-electron chi connectivity index (χ3n) is 4.73. The molecule has 0 bridgehead atoms. The Labute approximate surface area is 157 Å². The number of carbonyl (C=O) groups is 2. The van der Waals surface area contributed by atoms with Crippen molar-refractivity contribution in [1.29, 1.82) is 0 Å². The van der Waals surface area contributed by atoms with E-state index >= 15 is 0 Å². The SMILES string of the molecule is O=Cc1ccccc1NNC(=O)OCC1c2ccccc2-c2ccccc21. The van der Waals surface area contributed by atoms with Crippen LogP contribution in [0.3, 0.4) is 0 Å². The first kappa shape index (κ1) is 16.8. The Balaban J connectivity index is 1.43. The minimum Gasteiger partial charge on any atom is -0.447 e. The molecule has 3 aromatic rings. The van der Waals surface area contributed by atoms with Gasteiger partial charge in [-0.25, -0.2) is 10.2 Å². The molecule has 27 heavy (non-hydrogen) atoms. The van der Waals surface area contributed by atoms with Gasteiger partial charge in [0, 0.05) is 11.5 Å². The van der Waals surface area contributed by atoms with Crippen molar-refractivity contribution >= 4 is 18.1 Å². The van der Waals surface area contributed by atoms with E-state index in [4.69, 9.17) is 4.74 Å². The van der Waals surface area contributed by atoms with Crippen LogP contribution in [-0.2, 0) is 4.74 Å². The monoisotopic (exact) mass is 358 g/mol. The lowest BCUT2D eigenvalue weighted by Gasteiger charge is -2.15. The van der Waals surface area contributed by atoms with Crippen molar-refractivity contribution in [1.82, 2.24) is 5.43 Å². The molecule has 0 atom stereocenters. The molecule has 3 aromatic carbocycles. The van der Waals surface area contributed by atoms with Crippen molar-refractivity contribution < 1.29 is 14.3 Å². The van der Waals surface area contributed by atoms with Crippen LogP contribution in [-0.4, -0.2) is 19.0 Å². The van der Waals surface area contributed by atoms with Gasteiger partial charge in [0.05, 0.1) is 5.69 Å². The van der Waals surface area contributed by atoms with E-state index in [0.29, 0.717) is 11.3 Å². The van der Waals surface area contributed by atoms with Crippen LogP contribution in [0.1, 0.15) is 27.4 Å². The van der Waals surface area contributed by atoms with E-state index in [-0.39, 0.29) is 12.5 Å². The number of benzene rings is 3. The van der Waals surface area contributed by atoms with Gasteiger partial charge in [-0.2, -0.15) is 0 Å². The van der Waals surface area contributed by atoms with Crippen molar-refractivity contribution in [3.05, 3.63) is 89.5 Å². The molecule has 0 saturated heterocycles. The summed E-state index contributed by atoms with van der Waals surface area (Å²) in [7, 11) is 0. The summed E-state index contributed by atoms with van der Waals surface area (Å²) in [4.78, 5) is 23.1. The summed E-state index contributed by atoms with van der Waals surface area (Å²) in [6, 6.07) is 23.2. The number of hydrazine groups is 1. The van der Waals surface area contributed by atoms with E-state index < -0.39 is 6.09 Å². The Morgan fingerprint density at radius 3 is 2.15 bits per heavy atom. The zero-order valence-electron chi connectivity index (χ0n) is 14.5. The number of fused-ring (bicyclic) bond motifs is 3. The molecule has 0 spiro atoms. The number of ether oxygens (including phenoxy) is 1. The molecule has 2 N–H and O–H groups in total. The number of hydrogen-bond donors (Lipinski definition) is 2. The van der Waals surface area contributed by atoms with Crippen molar-refractivity contribution in [2.45, 2.75) is 5.92 Å². The fourth-order valence-corrected chi connectivity index (χ4v) is 3.47. The number of amides is 1. The third kappa shape index (κ3) is 3.27. The van der Waals surface area contributed by atoms with E-state index in [2.05, 4.69) is 35.1 Å². The smallest absolute Gasteiger partial charge is 0.425 e. The highest BCUT2D eigenvalue weighted by molar-refractivity contribution is 5.84. The largest absolute Gasteiger partial charge is 0.447 e. The highest BCUT2D eigenvalue weighted by atomic mass is 16.6. The Morgan fingerprint density at radius 1 is 0.889 bits per heavy atom. The molecular weight excluding hydrogens is 340 g/mol. The minimum atomic E-state index is -0.599. The lowest BCUT2D eigenvalue weighted by Crippen LogP contribution is -2.31. The van der Waals surface area contributed by atoms with Gasteiger partial charge in [-0.05, 0) is 34.4 Å². The summed E-state index contributed by atoms with van der Waals surface area (Å²) in [5.74, 6) is 0.00501. The summed E-state index contributed by atoms with van der Waals surface area (Å²) >= 11 is 0. The minimum absolute atomic E-state index is 0.00501. The first-order valence-corrected chi connectivity index (χ1v) is 8.69. The van der Waals surface area contributed by atoms with Crippen LogP contribution in [0.4, 0.5) is 10.5 Å². The number of aldehydes is 1. The van der Waals surface area contributed by atoms with Gasteiger partial charge in [0.15, 0.2) is 6.29 Å². The van der Waals surface area contributed by atoms with Crippen molar-refractivity contribution in [2.24, 2.45) is 0 Å². The van der Waals surface area contributed by atoms with Gasteiger partial charge < -0.3 is 4.74 Å². The van der Waals surface area contributed by atoms with E-state index in [0.717, 1.165) is 17.4 Å². The average molecular weight is 358 g/mol. The molecule has 0 unspecified atom stereocenters. The topological polar surface area (TPSA) is 67.4 Å². The molecule has 134 valence electrons. The molecule has 0 heterocycles. The number of nitrogens with one attached hydrogen (secondary N) is 2. The maximum Gasteiger partial charge on any atom is 0.425 e. The normalized spacial score (nSPS) is 12.0. The Bertz CT molecular complexity index is 955.